The maximum Gasteiger partial charge on any atom is 0.244 e. The summed E-state index contributed by atoms with van der Waals surface area (Å²) < 4.78 is 5.38. The van der Waals surface area contributed by atoms with Gasteiger partial charge in [0.2, 0.25) is 5.95 Å². The molecule has 0 aliphatic heterocycles. The zero-order valence-corrected chi connectivity index (χ0v) is 15.6. The maximum absolute atomic E-state index is 5.38. The molecule has 0 aliphatic carbocycles. The van der Waals surface area contributed by atoms with E-state index in [1.807, 2.05) is 24.3 Å². The second-order valence-electron chi connectivity index (χ2n) is 6.17. The molecule has 0 atom stereocenters. The quantitative estimate of drug-likeness (QED) is 0.537. The number of benzene rings is 2. The number of nitrogens with zero attached hydrogens (tertiary/aromatic N) is 3. The smallest absolute Gasteiger partial charge is 0.244 e. The summed E-state index contributed by atoms with van der Waals surface area (Å²) in [7, 11) is 1.69. The average Bonchev–Trinajstić information content (AvgIpc) is 2.73. The van der Waals surface area contributed by atoms with Crippen molar-refractivity contribution in [1.82, 2.24) is 15.2 Å². The van der Waals surface area contributed by atoms with Gasteiger partial charge in [0.15, 0.2) is 5.82 Å². The van der Waals surface area contributed by atoms with E-state index in [0.717, 1.165) is 43.7 Å². The normalized spacial score (nSPS) is 10.4. The summed E-state index contributed by atoms with van der Waals surface area (Å²) in [6.07, 6.45) is 4.52. The largest absolute Gasteiger partial charge is 0.496 e. The Hall–Kier alpha value is -3.15. The van der Waals surface area contributed by atoms with E-state index < -0.39 is 0 Å². The molecule has 0 radical (unpaired) electrons. The molecule has 2 aromatic carbocycles. The number of para-hydroxylation sites is 1. The topological polar surface area (TPSA) is 72.0 Å². The van der Waals surface area contributed by atoms with Gasteiger partial charge >= 0.3 is 0 Å². The molecule has 6 nitrogen and oxygen atoms in total. The molecule has 0 saturated heterocycles. The van der Waals surface area contributed by atoms with Gasteiger partial charge < -0.3 is 15.4 Å². The van der Waals surface area contributed by atoms with Crippen molar-refractivity contribution in [2.75, 3.05) is 30.8 Å². The van der Waals surface area contributed by atoms with Crippen LogP contribution in [0.25, 0.3) is 0 Å². The van der Waals surface area contributed by atoms with Crippen molar-refractivity contribution < 1.29 is 4.74 Å². The lowest BCUT2D eigenvalue weighted by molar-refractivity contribution is 0.410. The number of aromatic nitrogens is 3. The molecule has 27 heavy (non-hydrogen) atoms. The van der Waals surface area contributed by atoms with E-state index in [9.17, 15) is 0 Å². The lowest BCUT2D eigenvalue weighted by Gasteiger charge is -2.10. The standard InChI is InChI=1S/C21H25N5O/c1-27-19-12-6-5-11-18(19)13-15-22-20-16-24-26-21(25-20)23-14-7-10-17-8-3-2-4-9-17/h2-6,8-9,11-12,16H,7,10,13-15H2,1H3,(H2,22,23,25,26). The number of nitrogens with one attached hydrogen (secondary N) is 2. The third kappa shape index (κ3) is 5.95. The molecule has 140 valence electrons. The van der Waals surface area contributed by atoms with Crippen molar-refractivity contribution in [3.63, 3.8) is 0 Å². The molecule has 0 unspecified atom stereocenters. The molecule has 3 aromatic rings. The van der Waals surface area contributed by atoms with E-state index >= 15 is 0 Å². The summed E-state index contributed by atoms with van der Waals surface area (Å²) >= 11 is 0. The van der Waals surface area contributed by atoms with E-state index in [0.29, 0.717) is 11.8 Å². The van der Waals surface area contributed by atoms with Crippen molar-refractivity contribution in [2.24, 2.45) is 0 Å². The summed E-state index contributed by atoms with van der Waals surface area (Å²) in [5, 5.41) is 14.6. The van der Waals surface area contributed by atoms with Gasteiger partial charge in [0.05, 0.1) is 13.3 Å². The number of ether oxygens (including phenoxy) is 1. The fourth-order valence-corrected chi connectivity index (χ4v) is 2.84. The highest BCUT2D eigenvalue weighted by Crippen LogP contribution is 2.17. The Labute approximate surface area is 160 Å². The van der Waals surface area contributed by atoms with Gasteiger partial charge in [-0.25, -0.2) is 0 Å². The van der Waals surface area contributed by atoms with Crippen LogP contribution in [0.1, 0.15) is 17.5 Å². The molecule has 0 spiro atoms. The summed E-state index contributed by atoms with van der Waals surface area (Å²) in [5.74, 6) is 2.16. The van der Waals surface area contributed by atoms with Crippen LogP contribution < -0.4 is 15.4 Å². The zero-order valence-electron chi connectivity index (χ0n) is 15.6. The number of aryl methyl sites for hydroxylation is 1. The first kappa shape index (κ1) is 18.6. The van der Waals surface area contributed by atoms with Crippen molar-refractivity contribution >= 4 is 11.8 Å². The Bertz CT molecular complexity index is 826. The first-order chi connectivity index (χ1) is 13.3. The molecule has 0 bridgehead atoms. The number of methoxy groups -OCH3 is 1. The van der Waals surface area contributed by atoms with Crippen molar-refractivity contribution in [1.29, 1.82) is 0 Å². The molecule has 1 aromatic heterocycles. The fraction of sp³-hybridized carbons (Fsp3) is 0.286. The lowest BCUT2D eigenvalue weighted by Crippen LogP contribution is -2.11. The van der Waals surface area contributed by atoms with Crippen LogP contribution in [0.15, 0.2) is 60.8 Å². The van der Waals surface area contributed by atoms with Crippen LogP contribution in [0.3, 0.4) is 0 Å². The van der Waals surface area contributed by atoms with Gasteiger partial charge in [-0.2, -0.15) is 10.1 Å². The number of rotatable bonds is 10. The Morgan fingerprint density at radius 2 is 1.70 bits per heavy atom. The predicted molar refractivity (Wildman–Crippen MR) is 108 cm³/mol. The van der Waals surface area contributed by atoms with Crippen LogP contribution in [0.5, 0.6) is 5.75 Å². The second kappa shape index (κ2) is 10.1. The van der Waals surface area contributed by atoms with Gasteiger partial charge in [-0.05, 0) is 36.5 Å². The highest BCUT2D eigenvalue weighted by molar-refractivity contribution is 5.38. The van der Waals surface area contributed by atoms with E-state index in [4.69, 9.17) is 4.74 Å². The molecule has 0 aliphatic rings. The molecule has 6 heteroatoms. The van der Waals surface area contributed by atoms with E-state index in [1.165, 1.54) is 5.56 Å². The van der Waals surface area contributed by atoms with Crippen molar-refractivity contribution in [3.8, 4) is 5.75 Å². The number of anilines is 2. The molecular weight excluding hydrogens is 338 g/mol. The van der Waals surface area contributed by atoms with Crippen LogP contribution >= 0.6 is 0 Å². The summed E-state index contributed by atoms with van der Waals surface area (Å²) in [6, 6.07) is 18.5. The van der Waals surface area contributed by atoms with E-state index in [-0.39, 0.29) is 0 Å². The Balaban J connectivity index is 1.43. The maximum atomic E-state index is 5.38. The minimum atomic E-state index is 0.547. The molecule has 2 N–H and O–H groups in total. The van der Waals surface area contributed by atoms with Crippen molar-refractivity contribution in [2.45, 2.75) is 19.3 Å². The van der Waals surface area contributed by atoms with Gasteiger partial charge in [-0.1, -0.05) is 48.5 Å². The van der Waals surface area contributed by atoms with Crippen molar-refractivity contribution in [3.05, 3.63) is 71.9 Å². The van der Waals surface area contributed by atoms with Gasteiger partial charge in [0.1, 0.15) is 5.75 Å². The first-order valence-electron chi connectivity index (χ1n) is 9.18. The van der Waals surface area contributed by atoms with E-state index in [1.54, 1.807) is 13.3 Å². The fourth-order valence-electron chi connectivity index (χ4n) is 2.84. The van der Waals surface area contributed by atoms with Crippen LogP contribution in [0.4, 0.5) is 11.8 Å². The average molecular weight is 363 g/mol. The monoisotopic (exact) mass is 363 g/mol. The minimum Gasteiger partial charge on any atom is -0.496 e. The van der Waals surface area contributed by atoms with Gasteiger partial charge in [-0.3, -0.25) is 0 Å². The molecule has 0 amide bonds. The van der Waals surface area contributed by atoms with Crippen LogP contribution in [0.2, 0.25) is 0 Å². The molecular formula is C21H25N5O. The summed E-state index contributed by atoms with van der Waals surface area (Å²) in [6.45, 7) is 1.55. The Morgan fingerprint density at radius 1 is 0.889 bits per heavy atom. The number of hydrogen-bond donors (Lipinski definition) is 2. The van der Waals surface area contributed by atoms with Crippen LogP contribution in [-0.2, 0) is 12.8 Å². The third-order valence-electron chi connectivity index (χ3n) is 4.22. The highest BCUT2D eigenvalue weighted by atomic mass is 16.5. The van der Waals surface area contributed by atoms with Crippen LogP contribution in [0, 0.1) is 0 Å². The van der Waals surface area contributed by atoms with Gasteiger partial charge in [0.25, 0.3) is 0 Å². The SMILES string of the molecule is COc1ccccc1CCNc1cnnc(NCCCc2ccccc2)n1. The predicted octanol–water partition coefficient (Wildman–Crippen LogP) is 3.58. The Morgan fingerprint density at radius 3 is 2.56 bits per heavy atom. The third-order valence-corrected chi connectivity index (χ3v) is 4.22. The number of hydrogen-bond acceptors (Lipinski definition) is 6. The summed E-state index contributed by atoms with van der Waals surface area (Å²) in [5.41, 5.74) is 2.50. The lowest BCUT2D eigenvalue weighted by atomic mass is 10.1. The molecule has 0 fully saturated rings. The second-order valence-corrected chi connectivity index (χ2v) is 6.17. The Kier molecular flexibility index (Phi) is 6.98. The first-order valence-corrected chi connectivity index (χ1v) is 9.18. The van der Waals surface area contributed by atoms with Gasteiger partial charge in [0, 0.05) is 13.1 Å². The van der Waals surface area contributed by atoms with E-state index in [2.05, 4.69) is 56.1 Å². The molecule has 1 heterocycles. The highest BCUT2D eigenvalue weighted by Gasteiger charge is 2.03. The zero-order chi connectivity index (χ0) is 18.7. The molecule has 0 saturated carbocycles. The molecule has 3 rings (SSSR count). The van der Waals surface area contributed by atoms with Gasteiger partial charge in [-0.15, -0.1) is 5.10 Å². The minimum absolute atomic E-state index is 0.547. The van der Waals surface area contributed by atoms with Crippen LogP contribution in [-0.4, -0.2) is 35.4 Å². The summed E-state index contributed by atoms with van der Waals surface area (Å²) in [4.78, 5) is 4.46.